The van der Waals surface area contributed by atoms with Crippen molar-refractivity contribution in [3.63, 3.8) is 0 Å². The number of nitrogens with one attached hydrogen (secondary N) is 1. The molecule has 0 saturated carbocycles. The van der Waals surface area contributed by atoms with Gasteiger partial charge in [-0.05, 0) is 26.8 Å². The molecule has 13 heteroatoms. The van der Waals surface area contributed by atoms with Crippen molar-refractivity contribution in [2.45, 2.75) is 32.2 Å². The number of hydrogen-bond acceptors (Lipinski definition) is 7. The lowest BCUT2D eigenvalue weighted by atomic mass is 10.2. The zero-order valence-corrected chi connectivity index (χ0v) is 16.2. The van der Waals surface area contributed by atoms with Crippen molar-refractivity contribution >= 4 is 16.0 Å². The van der Waals surface area contributed by atoms with Gasteiger partial charge in [0.1, 0.15) is 0 Å². The molecule has 0 aliphatic rings. The van der Waals surface area contributed by atoms with Crippen molar-refractivity contribution in [3.8, 4) is 17.4 Å². The number of anilines is 1. The van der Waals surface area contributed by atoms with Gasteiger partial charge in [0.2, 0.25) is 16.0 Å². The molecule has 2 rings (SSSR count). The molecule has 0 fully saturated rings. The summed E-state index contributed by atoms with van der Waals surface area (Å²) in [6.45, 7) is 2.68. The van der Waals surface area contributed by atoms with Crippen LogP contribution >= 0.6 is 0 Å². The molecule has 0 amide bonds. The van der Waals surface area contributed by atoms with E-state index < -0.39 is 40.0 Å². The molecule has 0 aliphatic carbocycles. The minimum atomic E-state index is -4.64. The largest absolute Gasteiger partial charge is 0.454 e. The third kappa shape index (κ3) is 5.41. The van der Waals surface area contributed by atoms with Gasteiger partial charge in [0.25, 0.3) is 5.56 Å². The molecule has 0 atom stereocenters. The zero-order valence-electron chi connectivity index (χ0n) is 15.4. The van der Waals surface area contributed by atoms with E-state index in [0.717, 1.165) is 0 Å². The lowest BCUT2D eigenvalue weighted by Crippen LogP contribution is -2.25. The molecule has 2 heterocycles. The Hall–Kier alpha value is -2.70. The zero-order chi connectivity index (χ0) is 21.3. The fourth-order valence-electron chi connectivity index (χ4n) is 1.99. The average Bonchev–Trinajstić information content (AvgIpc) is 2.56. The highest BCUT2D eigenvalue weighted by Gasteiger charge is 2.29. The van der Waals surface area contributed by atoms with Gasteiger partial charge in [0, 0.05) is 24.4 Å². The normalized spacial score (nSPS) is 12.3. The lowest BCUT2D eigenvalue weighted by Gasteiger charge is -2.13. The van der Waals surface area contributed by atoms with Crippen molar-refractivity contribution in [1.29, 1.82) is 0 Å². The number of aryl methyl sites for hydroxylation is 2. The van der Waals surface area contributed by atoms with Crippen LogP contribution in [0.1, 0.15) is 19.4 Å². The van der Waals surface area contributed by atoms with E-state index in [1.54, 1.807) is 0 Å². The van der Waals surface area contributed by atoms with Gasteiger partial charge in [-0.2, -0.15) is 28.1 Å². The first-order valence-electron chi connectivity index (χ1n) is 7.93. The van der Waals surface area contributed by atoms with Crippen molar-refractivity contribution in [2.24, 2.45) is 7.05 Å². The van der Waals surface area contributed by atoms with Gasteiger partial charge in [-0.3, -0.25) is 9.52 Å². The van der Waals surface area contributed by atoms with Crippen molar-refractivity contribution < 1.29 is 26.3 Å². The Morgan fingerprint density at radius 2 is 1.89 bits per heavy atom. The first-order valence-corrected chi connectivity index (χ1v) is 9.48. The molecular formula is C15H18F3N5O4S. The number of rotatable bonds is 6. The van der Waals surface area contributed by atoms with Crippen LogP contribution < -0.4 is 15.0 Å². The van der Waals surface area contributed by atoms with E-state index in [4.69, 9.17) is 0 Å². The van der Waals surface area contributed by atoms with Crippen molar-refractivity contribution in [1.82, 2.24) is 19.5 Å². The quantitative estimate of drug-likeness (QED) is 0.754. The molecule has 0 aromatic carbocycles. The number of alkyl halides is 3. The molecule has 0 aliphatic heterocycles. The van der Waals surface area contributed by atoms with Crippen molar-refractivity contribution in [2.75, 3.05) is 11.3 Å². The number of ether oxygens (including phenoxy) is 1. The summed E-state index contributed by atoms with van der Waals surface area (Å²) in [5, 5.41) is -0.841. The fraction of sp³-hybridized carbons (Fsp3) is 0.467. The third-order valence-electron chi connectivity index (χ3n) is 3.45. The number of nitrogens with zero attached hydrogens (tertiary/aromatic N) is 4. The predicted molar refractivity (Wildman–Crippen MR) is 94.5 cm³/mol. The fourth-order valence-corrected chi connectivity index (χ4v) is 2.57. The van der Waals surface area contributed by atoms with E-state index in [1.165, 1.54) is 44.6 Å². The molecule has 9 nitrogen and oxygen atoms in total. The number of hydrogen-bond donors (Lipinski definition) is 1. The topological polar surface area (TPSA) is 116 Å². The lowest BCUT2D eigenvalue weighted by molar-refractivity contribution is -0.154. The van der Waals surface area contributed by atoms with E-state index in [0.29, 0.717) is 5.56 Å². The summed E-state index contributed by atoms with van der Waals surface area (Å²) in [7, 11) is -2.39. The molecule has 0 radical (unpaired) electrons. The summed E-state index contributed by atoms with van der Waals surface area (Å²) in [5.41, 5.74) is 0.318. The number of pyridine rings is 1. The highest BCUT2D eigenvalue weighted by molar-refractivity contribution is 7.93. The van der Waals surface area contributed by atoms with Crippen LogP contribution in [0.2, 0.25) is 0 Å². The smallest absolute Gasteiger partial charge is 0.422 e. The van der Waals surface area contributed by atoms with Crippen LogP contribution in [-0.2, 0) is 17.1 Å². The van der Waals surface area contributed by atoms with Gasteiger partial charge in [-0.25, -0.2) is 8.42 Å². The standard InChI is InChI=1S/C15H18F3N5O4S/c1-8(2)28(25,26)22-13-19-11(10-5-9(3)12(24)23(4)6-10)20-14(21-13)27-7-15(16,17)18/h5-6,8H,7H2,1-4H3,(H,19,20,21,22). The summed E-state index contributed by atoms with van der Waals surface area (Å²) in [5.74, 6) is -0.658. The second-order valence-corrected chi connectivity index (χ2v) is 8.43. The summed E-state index contributed by atoms with van der Waals surface area (Å²) in [6.07, 6.45) is -3.28. The van der Waals surface area contributed by atoms with Gasteiger partial charge in [-0.15, -0.1) is 0 Å². The average molecular weight is 421 g/mol. The Labute approximate surface area is 158 Å². The van der Waals surface area contributed by atoms with Crippen LogP contribution in [0.5, 0.6) is 6.01 Å². The van der Waals surface area contributed by atoms with Gasteiger partial charge >= 0.3 is 12.2 Å². The molecule has 0 unspecified atom stereocenters. The number of sulfonamides is 1. The Balaban J connectivity index is 2.55. The molecule has 28 heavy (non-hydrogen) atoms. The van der Waals surface area contributed by atoms with E-state index >= 15 is 0 Å². The minimum absolute atomic E-state index is 0.160. The summed E-state index contributed by atoms with van der Waals surface area (Å²) in [4.78, 5) is 23.2. The molecule has 2 aromatic heterocycles. The van der Waals surface area contributed by atoms with Gasteiger partial charge in [-0.1, -0.05) is 0 Å². The first kappa shape index (κ1) is 21.6. The van der Waals surface area contributed by atoms with E-state index in [-0.39, 0.29) is 16.9 Å². The maximum Gasteiger partial charge on any atom is 0.422 e. The Morgan fingerprint density at radius 3 is 2.43 bits per heavy atom. The highest BCUT2D eigenvalue weighted by Crippen LogP contribution is 2.21. The summed E-state index contributed by atoms with van der Waals surface area (Å²) >= 11 is 0. The molecular weight excluding hydrogens is 403 g/mol. The predicted octanol–water partition coefficient (Wildman–Crippen LogP) is 1.64. The van der Waals surface area contributed by atoms with Gasteiger partial charge < -0.3 is 9.30 Å². The Kier molecular flexibility index (Phi) is 5.97. The molecule has 0 bridgehead atoms. The Bertz CT molecular complexity index is 1010. The van der Waals surface area contributed by atoms with Gasteiger partial charge in [0.15, 0.2) is 12.4 Å². The Morgan fingerprint density at radius 1 is 1.25 bits per heavy atom. The maximum absolute atomic E-state index is 12.4. The molecule has 0 spiro atoms. The van der Waals surface area contributed by atoms with Crippen LogP contribution in [0, 0.1) is 6.92 Å². The van der Waals surface area contributed by atoms with Gasteiger partial charge in [0.05, 0.1) is 5.25 Å². The maximum atomic E-state index is 12.4. The van der Waals surface area contributed by atoms with Crippen LogP contribution in [0.4, 0.5) is 19.1 Å². The minimum Gasteiger partial charge on any atom is -0.454 e. The second-order valence-electron chi connectivity index (χ2n) is 6.19. The molecule has 154 valence electrons. The second kappa shape index (κ2) is 7.73. The molecule has 0 saturated heterocycles. The number of aromatic nitrogens is 4. The highest BCUT2D eigenvalue weighted by atomic mass is 32.2. The van der Waals surface area contributed by atoms with Crippen LogP contribution in [-0.4, -0.2) is 46.0 Å². The molecule has 2 aromatic rings. The van der Waals surface area contributed by atoms with Crippen LogP contribution in [0.3, 0.4) is 0 Å². The van der Waals surface area contributed by atoms with E-state index in [9.17, 15) is 26.4 Å². The molecule has 1 N–H and O–H groups in total. The van der Waals surface area contributed by atoms with Crippen LogP contribution in [0.15, 0.2) is 17.1 Å². The number of halogens is 3. The van der Waals surface area contributed by atoms with Crippen molar-refractivity contribution in [3.05, 3.63) is 28.2 Å². The monoisotopic (exact) mass is 421 g/mol. The summed E-state index contributed by atoms with van der Waals surface area (Å²) in [6, 6.07) is 0.710. The van der Waals surface area contributed by atoms with E-state index in [1.807, 2.05) is 0 Å². The van der Waals surface area contributed by atoms with Crippen LogP contribution in [0.25, 0.3) is 11.4 Å². The third-order valence-corrected chi connectivity index (χ3v) is 5.16. The SMILES string of the molecule is Cc1cc(-c2nc(NS(=O)(=O)C(C)C)nc(OCC(F)(F)F)n2)cn(C)c1=O. The summed E-state index contributed by atoms with van der Waals surface area (Å²) < 4.78 is 69.3. The van der Waals surface area contributed by atoms with E-state index in [2.05, 4.69) is 24.4 Å². The first-order chi connectivity index (χ1) is 12.8.